The molecule has 0 fully saturated rings. The molecule has 0 saturated carbocycles. The monoisotopic (exact) mass is 652 g/mol. The maximum Gasteiger partial charge on any atom is 0.416 e. The van der Waals surface area contributed by atoms with Gasteiger partial charge in [-0.25, -0.2) is 0 Å². The molecule has 0 aliphatic carbocycles. The van der Waals surface area contributed by atoms with Gasteiger partial charge in [0.2, 0.25) is 5.91 Å². The van der Waals surface area contributed by atoms with Crippen molar-refractivity contribution in [2.45, 2.75) is 31.4 Å². The highest BCUT2D eigenvalue weighted by atomic mass is 19.4. The normalized spacial score (nSPS) is 12.8. The molecular formula is C35H26F6N2O4. The van der Waals surface area contributed by atoms with Gasteiger partial charge in [-0.15, -0.1) is 0 Å². The number of hydrogen-bond acceptors (Lipinski definition) is 4. The standard InChI is InChI=1S/C35H26F6N2O4/c1-43(33(46)24-16-26(34(36,37)38)18-27(17-24)35(39,40)41)28(15-21-10-11-22-6-2-3-7-23(22)14-21)12-13-31(44)42-19-25-20-47-30-9-5-4-8-29(30)32(25)45/h2-14,16-18,20,28H,15,19H2,1H3,(H,42,44). The lowest BCUT2D eigenvalue weighted by molar-refractivity contribution is -0.143. The van der Waals surface area contributed by atoms with Gasteiger partial charge in [-0.1, -0.05) is 60.7 Å². The van der Waals surface area contributed by atoms with E-state index in [1.165, 1.54) is 19.4 Å². The second-order valence-electron chi connectivity index (χ2n) is 10.8. The molecule has 0 bridgehead atoms. The van der Waals surface area contributed by atoms with Crippen LogP contribution in [0.15, 0.2) is 113 Å². The summed E-state index contributed by atoms with van der Waals surface area (Å²) in [5.41, 5.74) is -3.16. The molecular weight excluding hydrogens is 626 g/mol. The van der Waals surface area contributed by atoms with Crippen molar-refractivity contribution < 1.29 is 40.3 Å². The highest BCUT2D eigenvalue weighted by Crippen LogP contribution is 2.36. The van der Waals surface area contributed by atoms with Crippen molar-refractivity contribution in [3.8, 4) is 0 Å². The smallest absolute Gasteiger partial charge is 0.416 e. The molecule has 6 nitrogen and oxygen atoms in total. The molecule has 0 spiro atoms. The van der Waals surface area contributed by atoms with E-state index in [1.807, 2.05) is 36.4 Å². The van der Waals surface area contributed by atoms with Gasteiger partial charge < -0.3 is 14.6 Å². The van der Waals surface area contributed by atoms with Gasteiger partial charge in [0.05, 0.1) is 40.9 Å². The fourth-order valence-corrected chi connectivity index (χ4v) is 5.05. The van der Waals surface area contributed by atoms with Crippen LogP contribution in [-0.2, 0) is 30.1 Å². The van der Waals surface area contributed by atoms with Gasteiger partial charge in [-0.05, 0) is 53.1 Å². The molecule has 12 heteroatoms. The topological polar surface area (TPSA) is 79.6 Å². The van der Waals surface area contributed by atoms with Gasteiger partial charge >= 0.3 is 12.4 Å². The van der Waals surface area contributed by atoms with Crippen molar-refractivity contribution >= 4 is 33.6 Å². The Hall–Kier alpha value is -5.39. The first-order valence-electron chi connectivity index (χ1n) is 14.2. The molecule has 1 unspecified atom stereocenters. The molecule has 5 rings (SSSR count). The van der Waals surface area contributed by atoms with E-state index in [9.17, 15) is 40.7 Å². The SMILES string of the molecule is CN(C(=O)c1cc(C(F)(F)F)cc(C(F)(F)F)c1)C(C=CC(=O)NCc1coc2ccccc2c1=O)Cc1ccc2ccccc2c1. The Kier molecular flexibility index (Phi) is 9.23. The summed E-state index contributed by atoms with van der Waals surface area (Å²) in [6.45, 7) is -0.190. The van der Waals surface area contributed by atoms with Crippen molar-refractivity contribution in [1.29, 1.82) is 0 Å². The van der Waals surface area contributed by atoms with Crippen molar-refractivity contribution in [2.75, 3.05) is 7.05 Å². The van der Waals surface area contributed by atoms with Gasteiger partial charge in [0.1, 0.15) is 5.58 Å². The molecule has 1 N–H and O–H groups in total. The highest BCUT2D eigenvalue weighted by molar-refractivity contribution is 5.95. The maximum absolute atomic E-state index is 13.5. The molecule has 0 radical (unpaired) electrons. The number of hydrogen-bond donors (Lipinski definition) is 1. The lowest BCUT2D eigenvalue weighted by Gasteiger charge is -2.27. The zero-order valence-corrected chi connectivity index (χ0v) is 24.7. The third-order valence-electron chi connectivity index (χ3n) is 7.59. The van der Waals surface area contributed by atoms with Crippen LogP contribution in [0.25, 0.3) is 21.7 Å². The third-order valence-corrected chi connectivity index (χ3v) is 7.59. The van der Waals surface area contributed by atoms with Crippen LogP contribution in [0.4, 0.5) is 26.3 Å². The number of nitrogens with one attached hydrogen (secondary N) is 1. The number of fused-ring (bicyclic) bond motifs is 2. The van der Waals surface area contributed by atoms with Crippen LogP contribution in [0.2, 0.25) is 0 Å². The van der Waals surface area contributed by atoms with E-state index in [2.05, 4.69) is 5.32 Å². The summed E-state index contributed by atoms with van der Waals surface area (Å²) in [6.07, 6.45) is -6.57. The molecule has 4 aromatic carbocycles. The lowest BCUT2D eigenvalue weighted by Crippen LogP contribution is -2.38. The Morgan fingerprint density at radius 2 is 1.49 bits per heavy atom. The Balaban J connectivity index is 1.43. The maximum atomic E-state index is 13.5. The minimum absolute atomic E-state index is 0.0519. The van der Waals surface area contributed by atoms with Crippen LogP contribution in [0.3, 0.4) is 0 Å². The summed E-state index contributed by atoms with van der Waals surface area (Å²) in [7, 11) is 1.23. The van der Waals surface area contributed by atoms with Crippen LogP contribution in [0, 0.1) is 0 Å². The van der Waals surface area contributed by atoms with E-state index in [0.29, 0.717) is 28.7 Å². The molecule has 0 aliphatic heterocycles. The molecule has 47 heavy (non-hydrogen) atoms. The predicted octanol–water partition coefficient (Wildman–Crippen LogP) is 7.54. The quantitative estimate of drug-likeness (QED) is 0.139. The number of nitrogens with zero attached hydrogens (tertiary/aromatic N) is 1. The second-order valence-corrected chi connectivity index (χ2v) is 10.8. The fourth-order valence-electron chi connectivity index (χ4n) is 5.05. The molecule has 1 atom stereocenters. The minimum Gasteiger partial charge on any atom is -0.464 e. The number of alkyl halides is 6. The first-order chi connectivity index (χ1) is 22.2. The second kappa shape index (κ2) is 13.1. The van der Waals surface area contributed by atoms with Gasteiger partial charge in [-0.2, -0.15) is 26.3 Å². The number of carbonyl (C=O) groups is 2. The van der Waals surface area contributed by atoms with E-state index >= 15 is 0 Å². The van der Waals surface area contributed by atoms with Crippen molar-refractivity contribution in [2.24, 2.45) is 0 Å². The zero-order chi connectivity index (χ0) is 33.9. The summed E-state index contributed by atoms with van der Waals surface area (Å²) < 4.78 is 86.5. The van der Waals surface area contributed by atoms with Gasteiger partial charge in [0.25, 0.3) is 5.91 Å². The van der Waals surface area contributed by atoms with Crippen molar-refractivity contribution in [1.82, 2.24) is 10.2 Å². The molecule has 1 aromatic heterocycles. The first-order valence-corrected chi connectivity index (χ1v) is 14.2. The minimum atomic E-state index is -5.14. The van der Waals surface area contributed by atoms with E-state index in [4.69, 9.17) is 4.42 Å². The number of likely N-dealkylation sites (N-methyl/N-ethyl adjacent to an activating group) is 1. The largest absolute Gasteiger partial charge is 0.464 e. The third kappa shape index (κ3) is 7.71. The fraction of sp³-hybridized carbons (Fsp3) is 0.171. The Bertz CT molecular complexity index is 2020. The first kappa shape index (κ1) is 33.0. The van der Waals surface area contributed by atoms with Crippen LogP contribution >= 0.6 is 0 Å². The summed E-state index contributed by atoms with van der Waals surface area (Å²) in [6, 6.07) is 19.1. The van der Waals surface area contributed by atoms with Crippen LogP contribution < -0.4 is 10.7 Å². The number of benzene rings is 4. The molecule has 0 aliphatic rings. The summed E-state index contributed by atoms with van der Waals surface area (Å²) in [5, 5.41) is 4.67. The average Bonchev–Trinajstić information content (AvgIpc) is 3.04. The molecule has 5 aromatic rings. The zero-order valence-electron chi connectivity index (χ0n) is 24.7. The molecule has 2 amide bonds. The number of carbonyl (C=O) groups excluding carboxylic acids is 2. The average molecular weight is 653 g/mol. The van der Waals surface area contributed by atoms with Gasteiger partial charge in [-0.3, -0.25) is 14.4 Å². The highest BCUT2D eigenvalue weighted by Gasteiger charge is 2.38. The van der Waals surface area contributed by atoms with Crippen molar-refractivity contribution in [3.05, 3.63) is 141 Å². The van der Waals surface area contributed by atoms with E-state index < -0.39 is 46.9 Å². The lowest BCUT2D eigenvalue weighted by atomic mass is 9.99. The molecule has 0 saturated heterocycles. The number of amides is 2. The number of halogens is 6. The predicted molar refractivity (Wildman–Crippen MR) is 163 cm³/mol. The van der Waals surface area contributed by atoms with Gasteiger partial charge in [0.15, 0.2) is 5.43 Å². The number of para-hydroxylation sites is 1. The summed E-state index contributed by atoms with van der Waals surface area (Å²) in [5.74, 6) is -1.79. The van der Waals surface area contributed by atoms with E-state index in [1.54, 1.807) is 30.3 Å². The van der Waals surface area contributed by atoms with Crippen LogP contribution in [0.1, 0.15) is 32.6 Å². The summed E-state index contributed by atoms with van der Waals surface area (Å²) in [4.78, 5) is 40.0. The van der Waals surface area contributed by atoms with E-state index in [-0.39, 0.29) is 30.0 Å². The van der Waals surface area contributed by atoms with Gasteiger partial charge in [0, 0.05) is 18.7 Å². The van der Waals surface area contributed by atoms with Crippen LogP contribution in [0.5, 0.6) is 0 Å². The Labute approximate surface area is 263 Å². The Morgan fingerprint density at radius 3 is 2.17 bits per heavy atom. The molecule has 1 heterocycles. The Morgan fingerprint density at radius 1 is 0.851 bits per heavy atom. The van der Waals surface area contributed by atoms with Crippen molar-refractivity contribution in [3.63, 3.8) is 0 Å². The van der Waals surface area contributed by atoms with Crippen LogP contribution in [-0.4, -0.2) is 29.8 Å². The van der Waals surface area contributed by atoms with E-state index in [0.717, 1.165) is 21.7 Å². The number of rotatable bonds is 8. The molecule has 242 valence electrons. The summed E-state index contributed by atoms with van der Waals surface area (Å²) >= 11 is 0.